The first kappa shape index (κ1) is 18.0. The van der Waals surface area contributed by atoms with Gasteiger partial charge in [-0.15, -0.1) is 0 Å². The third-order valence-electron chi connectivity index (χ3n) is 4.43. The third kappa shape index (κ3) is 4.15. The highest BCUT2D eigenvalue weighted by Crippen LogP contribution is 2.21. The summed E-state index contributed by atoms with van der Waals surface area (Å²) in [6.07, 6.45) is 4.15. The average Bonchev–Trinajstić information content (AvgIpc) is 3.14. The van der Waals surface area contributed by atoms with Crippen molar-refractivity contribution in [1.29, 1.82) is 0 Å². The van der Waals surface area contributed by atoms with Gasteiger partial charge in [0.05, 0.1) is 24.9 Å². The molecular weight excluding hydrogens is 312 g/mol. The van der Waals surface area contributed by atoms with E-state index in [2.05, 4.69) is 4.74 Å². The fraction of sp³-hybridized carbons (Fsp3) is 0.588. The van der Waals surface area contributed by atoms with Gasteiger partial charge in [0, 0.05) is 32.6 Å². The maximum absolute atomic E-state index is 12.5. The molecule has 0 bridgehead atoms. The molecule has 1 aromatic heterocycles. The highest BCUT2D eigenvalue weighted by atomic mass is 16.5. The lowest BCUT2D eigenvalue weighted by molar-refractivity contribution is -0.146. The van der Waals surface area contributed by atoms with Gasteiger partial charge in [-0.3, -0.25) is 14.4 Å². The maximum Gasteiger partial charge on any atom is 0.310 e. The Morgan fingerprint density at radius 2 is 2.04 bits per heavy atom. The van der Waals surface area contributed by atoms with Gasteiger partial charge in [-0.05, 0) is 18.9 Å². The van der Waals surface area contributed by atoms with Crippen molar-refractivity contribution in [1.82, 2.24) is 9.80 Å². The van der Waals surface area contributed by atoms with Gasteiger partial charge in [0.25, 0.3) is 5.91 Å². The summed E-state index contributed by atoms with van der Waals surface area (Å²) in [6, 6.07) is 1.64. The maximum atomic E-state index is 12.5. The summed E-state index contributed by atoms with van der Waals surface area (Å²) in [5, 5.41) is 0. The van der Waals surface area contributed by atoms with E-state index in [-0.39, 0.29) is 29.6 Å². The predicted octanol–water partition coefficient (Wildman–Crippen LogP) is 1.40. The molecule has 1 atom stereocenters. The quantitative estimate of drug-likeness (QED) is 0.759. The smallest absolute Gasteiger partial charge is 0.310 e. The molecule has 1 unspecified atom stereocenters. The minimum absolute atomic E-state index is 0.0150. The van der Waals surface area contributed by atoms with Crippen LogP contribution in [0.4, 0.5) is 0 Å². The summed E-state index contributed by atoms with van der Waals surface area (Å²) in [4.78, 5) is 39.5. The van der Waals surface area contributed by atoms with Crippen LogP contribution >= 0.6 is 0 Å². The zero-order valence-electron chi connectivity index (χ0n) is 14.4. The zero-order chi connectivity index (χ0) is 17.7. The van der Waals surface area contributed by atoms with E-state index >= 15 is 0 Å². The van der Waals surface area contributed by atoms with Crippen LogP contribution in [-0.4, -0.2) is 61.4 Å². The van der Waals surface area contributed by atoms with Gasteiger partial charge in [0.2, 0.25) is 5.91 Å². The molecule has 0 spiro atoms. The van der Waals surface area contributed by atoms with E-state index in [1.54, 1.807) is 29.8 Å². The monoisotopic (exact) mass is 336 g/mol. The Morgan fingerprint density at radius 3 is 2.58 bits per heavy atom. The molecule has 0 aliphatic carbocycles. The molecule has 1 aromatic rings. The van der Waals surface area contributed by atoms with Gasteiger partial charge in [0.15, 0.2) is 0 Å². The first-order chi connectivity index (χ1) is 11.4. The number of esters is 1. The number of methoxy groups -OCH3 is 1. The van der Waals surface area contributed by atoms with Crippen LogP contribution in [0.5, 0.6) is 0 Å². The van der Waals surface area contributed by atoms with E-state index in [9.17, 15) is 14.4 Å². The van der Waals surface area contributed by atoms with Crippen LogP contribution in [0.25, 0.3) is 0 Å². The van der Waals surface area contributed by atoms with E-state index < -0.39 is 0 Å². The van der Waals surface area contributed by atoms with Gasteiger partial charge >= 0.3 is 5.97 Å². The van der Waals surface area contributed by atoms with E-state index in [4.69, 9.17) is 4.42 Å². The number of amides is 2. The average molecular weight is 336 g/mol. The lowest BCUT2D eigenvalue weighted by Crippen LogP contribution is -2.44. The fourth-order valence-electron chi connectivity index (χ4n) is 2.99. The summed E-state index contributed by atoms with van der Waals surface area (Å²) in [5.41, 5.74) is 0.531. The zero-order valence-corrected chi connectivity index (χ0v) is 14.4. The van der Waals surface area contributed by atoms with Crippen molar-refractivity contribution in [2.24, 2.45) is 11.8 Å². The van der Waals surface area contributed by atoms with Crippen molar-refractivity contribution in [2.45, 2.75) is 19.8 Å². The summed E-state index contributed by atoms with van der Waals surface area (Å²) in [6.45, 7) is 3.16. The number of rotatable bonds is 5. The third-order valence-corrected chi connectivity index (χ3v) is 4.43. The number of furan rings is 1. The molecular formula is C17H24N2O5. The molecule has 0 aromatic carbocycles. The van der Waals surface area contributed by atoms with Crippen molar-refractivity contribution >= 4 is 17.8 Å². The first-order valence-electron chi connectivity index (χ1n) is 8.08. The predicted molar refractivity (Wildman–Crippen MR) is 86.2 cm³/mol. The molecule has 2 rings (SSSR count). The molecule has 24 heavy (non-hydrogen) atoms. The highest BCUT2D eigenvalue weighted by Gasteiger charge is 2.30. The largest absolute Gasteiger partial charge is 0.472 e. The molecule has 1 aliphatic rings. The summed E-state index contributed by atoms with van der Waals surface area (Å²) in [7, 11) is 3.04. The molecule has 2 heterocycles. The van der Waals surface area contributed by atoms with Gasteiger partial charge in [-0.25, -0.2) is 0 Å². The molecule has 1 aliphatic heterocycles. The van der Waals surface area contributed by atoms with Crippen molar-refractivity contribution in [3.8, 4) is 0 Å². The van der Waals surface area contributed by atoms with Crippen LogP contribution < -0.4 is 0 Å². The topological polar surface area (TPSA) is 80.1 Å². The van der Waals surface area contributed by atoms with Gasteiger partial charge < -0.3 is 19.0 Å². The second kappa shape index (κ2) is 7.99. The Bertz CT molecular complexity index is 576. The second-order valence-electron chi connectivity index (χ2n) is 6.22. The van der Waals surface area contributed by atoms with Gasteiger partial charge in [-0.1, -0.05) is 6.92 Å². The van der Waals surface area contributed by atoms with E-state index in [0.717, 1.165) is 0 Å². The molecule has 1 fully saturated rings. The number of carbonyl (C=O) groups is 3. The Hall–Kier alpha value is -2.31. The summed E-state index contributed by atoms with van der Waals surface area (Å²) in [5.74, 6) is -0.849. The van der Waals surface area contributed by atoms with Crippen molar-refractivity contribution in [3.05, 3.63) is 24.2 Å². The van der Waals surface area contributed by atoms with Crippen molar-refractivity contribution in [2.75, 3.05) is 33.8 Å². The minimum atomic E-state index is -0.355. The Labute approximate surface area is 141 Å². The van der Waals surface area contributed by atoms with E-state index in [0.29, 0.717) is 38.0 Å². The molecule has 7 heteroatoms. The molecule has 2 amide bonds. The molecule has 0 radical (unpaired) electrons. The SMILES string of the molecule is COC(=O)C(C)CN(C)C(=O)C1CCN(C(=O)c2ccoc2)CC1. The van der Waals surface area contributed by atoms with Crippen molar-refractivity contribution < 1.29 is 23.5 Å². The first-order valence-corrected chi connectivity index (χ1v) is 8.08. The number of carbonyl (C=O) groups excluding carboxylic acids is 3. The standard InChI is InChI=1S/C17H24N2O5/c1-12(17(22)23-3)10-18(2)15(20)13-4-7-19(8-5-13)16(21)14-6-9-24-11-14/h6,9,11-13H,4-5,7-8,10H2,1-3H3. The number of hydrogen-bond donors (Lipinski definition) is 0. The lowest BCUT2D eigenvalue weighted by Gasteiger charge is -2.33. The number of hydrogen-bond acceptors (Lipinski definition) is 5. The Kier molecular flexibility index (Phi) is 6.00. The van der Waals surface area contributed by atoms with Crippen LogP contribution in [0.15, 0.2) is 23.0 Å². The molecule has 0 N–H and O–H groups in total. The Morgan fingerprint density at radius 1 is 1.38 bits per heavy atom. The molecule has 132 valence electrons. The summed E-state index contributed by atoms with van der Waals surface area (Å²) >= 11 is 0. The number of nitrogens with zero attached hydrogens (tertiary/aromatic N) is 2. The van der Waals surface area contributed by atoms with Gasteiger partial charge in [0.1, 0.15) is 6.26 Å². The molecule has 7 nitrogen and oxygen atoms in total. The van der Waals surface area contributed by atoms with E-state index in [1.807, 2.05) is 0 Å². The van der Waals surface area contributed by atoms with Crippen LogP contribution in [0.2, 0.25) is 0 Å². The van der Waals surface area contributed by atoms with Crippen molar-refractivity contribution in [3.63, 3.8) is 0 Å². The van der Waals surface area contributed by atoms with Crippen LogP contribution in [0.1, 0.15) is 30.1 Å². The lowest BCUT2D eigenvalue weighted by atomic mass is 9.94. The van der Waals surface area contributed by atoms with Crippen LogP contribution in [0, 0.1) is 11.8 Å². The molecule has 1 saturated heterocycles. The number of ether oxygens (including phenoxy) is 1. The Balaban J connectivity index is 1.84. The normalized spacial score (nSPS) is 16.5. The minimum Gasteiger partial charge on any atom is -0.472 e. The molecule has 0 saturated carbocycles. The second-order valence-corrected chi connectivity index (χ2v) is 6.22. The van der Waals surface area contributed by atoms with E-state index in [1.165, 1.54) is 19.6 Å². The number of likely N-dealkylation sites (tertiary alicyclic amines) is 1. The fourth-order valence-corrected chi connectivity index (χ4v) is 2.99. The highest BCUT2D eigenvalue weighted by molar-refractivity contribution is 5.94. The van der Waals surface area contributed by atoms with Crippen LogP contribution in [-0.2, 0) is 14.3 Å². The number of piperidine rings is 1. The summed E-state index contributed by atoms with van der Waals surface area (Å²) < 4.78 is 9.62. The van der Waals surface area contributed by atoms with Gasteiger partial charge in [-0.2, -0.15) is 0 Å². The van der Waals surface area contributed by atoms with Crippen LogP contribution in [0.3, 0.4) is 0 Å².